The quantitative estimate of drug-likeness (QED) is 0.697. The van der Waals surface area contributed by atoms with Crippen LogP contribution in [0.4, 0.5) is 0 Å². The van der Waals surface area contributed by atoms with E-state index >= 15 is 0 Å². The van der Waals surface area contributed by atoms with E-state index in [1.165, 1.54) is 0 Å². The molecule has 0 unspecified atom stereocenters. The second kappa shape index (κ2) is 4.57. The molecule has 0 spiro atoms. The van der Waals surface area contributed by atoms with Crippen LogP contribution in [-0.2, 0) is 0 Å². The van der Waals surface area contributed by atoms with Gasteiger partial charge in [-0.3, -0.25) is 4.79 Å². The molecule has 0 amide bonds. The van der Waals surface area contributed by atoms with Crippen LogP contribution in [0.2, 0.25) is 0 Å². The number of aromatic hydroxyl groups is 1. The first-order valence-corrected chi connectivity index (χ1v) is 7.23. The molecule has 1 N–H and O–H groups in total. The molecule has 1 aliphatic carbocycles. The van der Waals surface area contributed by atoms with Gasteiger partial charge in [0.25, 0.3) is 0 Å². The van der Waals surface area contributed by atoms with Crippen molar-refractivity contribution >= 4 is 22.6 Å². The summed E-state index contributed by atoms with van der Waals surface area (Å²) in [5.74, 6) is 0.300. The van der Waals surface area contributed by atoms with Gasteiger partial charge in [-0.25, -0.2) is 0 Å². The predicted octanol–water partition coefficient (Wildman–Crippen LogP) is 4.81. The van der Waals surface area contributed by atoms with Crippen molar-refractivity contribution in [3.05, 3.63) is 71.3 Å². The molecular formula is C20H14O2. The summed E-state index contributed by atoms with van der Waals surface area (Å²) in [5, 5.41) is 11.6. The number of benzene rings is 3. The van der Waals surface area contributed by atoms with E-state index in [0.717, 1.165) is 38.6 Å². The van der Waals surface area contributed by atoms with Crippen LogP contribution in [0.25, 0.3) is 28.0 Å². The number of rotatable bonds is 1. The molecule has 0 heterocycles. The highest BCUT2D eigenvalue weighted by molar-refractivity contribution is 6.25. The standard InChI is InChI=1S/C20H14O2/c1-12-11-15-4-2-3-14-7-10-17(19(18(14)15)20(12)22)13-5-8-16(21)9-6-13/h2-11,21H,1H3. The van der Waals surface area contributed by atoms with Crippen molar-refractivity contribution in [3.8, 4) is 16.9 Å². The van der Waals surface area contributed by atoms with E-state index in [1.807, 2.05) is 55.5 Å². The molecule has 4 rings (SSSR count). The molecule has 2 heteroatoms. The van der Waals surface area contributed by atoms with E-state index in [1.54, 1.807) is 12.1 Å². The SMILES string of the molecule is CC1=Cc2cccc3ccc(-c4ccc(O)cc4)c(c23)C1=O. The number of phenols is 1. The second-order valence-electron chi connectivity index (χ2n) is 5.64. The van der Waals surface area contributed by atoms with E-state index in [-0.39, 0.29) is 11.5 Å². The zero-order valence-corrected chi connectivity index (χ0v) is 12.1. The number of hydrogen-bond donors (Lipinski definition) is 1. The van der Waals surface area contributed by atoms with E-state index in [2.05, 4.69) is 0 Å². The van der Waals surface area contributed by atoms with Crippen LogP contribution in [0.3, 0.4) is 0 Å². The molecule has 106 valence electrons. The van der Waals surface area contributed by atoms with Crippen molar-refractivity contribution in [2.24, 2.45) is 0 Å². The van der Waals surface area contributed by atoms with Gasteiger partial charge in [-0.2, -0.15) is 0 Å². The van der Waals surface area contributed by atoms with Crippen molar-refractivity contribution in [1.82, 2.24) is 0 Å². The topological polar surface area (TPSA) is 37.3 Å². The van der Waals surface area contributed by atoms with Gasteiger partial charge in [0.1, 0.15) is 5.75 Å². The summed E-state index contributed by atoms with van der Waals surface area (Å²) in [5.41, 5.74) is 4.46. The molecule has 0 saturated carbocycles. The summed E-state index contributed by atoms with van der Waals surface area (Å²) in [6, 6.07) is 17.1. The molecule has 3 aromatic rings. The van der Waals surface area contributed by atoms with Crippen LogP contribution < -0.4 is 0 Å². The van der Waals surface area contributed by atoms with Gasteiger partial charge in [0, 0.05) is 10.9 Å². The number of carbonyl (C=O) groups is 1. The molecule has 1 aliphatic rings. The molecule has 0 fully saturated rings. The minimum Gasteiger partial charge on any atom is -0.508 e. The normalized spacial score (nSPS) is 13.3. The minimum absolute atomic E-state index is 0.0763. The molecular weight excluding hydrogens is 272 g/mol. The van der Waals surface area contributed by atoms with Gasteiger partial charge >= 0.3 is 0 Å². The highest BCUT2D eigenvalue weighted by Crippen LogP contribution is 2.37. The van der Waals surface area contributed by atoms with Crippen LogP contribution in [0.15, 0.2) is 60.2 Å². The maximum atomic E-state index is 12.7. The number of Topliss-reactive ketones (excluding diaryl/α,β-unsaturated/α-hetero) is 1. The first-order valence-electron chi connectivity index (χ1n) is 7.23. The van der Waals surface area contributed by atoms with E-state index in [9.17, 15) is 9.90 Å². The number of phenolic OH excluding ortho intramolecular Hbond substituents is 1. The highest BCUT2D eigenvalue weighted by atomic mass is 16.3. The monoisotopic (exact) mass is 286 g/mol. The lowest BCUT2D eigenvalue weighted by Gasteiger charge is -2.18. The summed E-state index contributed by atoms with van der Waals surface area (Å²) in [6.07, 6.45) is 1.96. The van der Waals surface area contributed by atoms with Gasteiger partial charge < -0.3 is 5.11 Å². The van der Waals surface area contributed by atoms with Crippen LogP contribution >= 0.6 is 0 Å². The Labute approximate surface area is 128 Å². The summed E-state index contributed by atoms with van der Waals surface area (Å²) in [4.78, 5) is 12.7. The van der Waals surface area contributed by atoms with E-state index < -0.39 is 0 Å². The van der Waals surface area contributed by atoms with Crippen LogP contribution in [0.5, 0.6) is 5.75 Å². The maximum absolute atomic E-state index is 12.7. The lowest BCUT2D eigenvalue weighted by Crippen LogP contribution is -2.08. The number of allylic oxidation sites excluding steroid dienone is 1. The Bertz CT molecular complexity index is 947. The highest BCUT2D eigenvalue weighted by Gasteiger charge is 2.23. The van der Waals surface area contributed by atoms with Crippen molar-refractivity contribution in [2.45, 2.75) is 6.92 Å². The van der Waals surface area contributed by atoms with Gasteiger partial charge in [0.15, 0.2) is 5.78 Å². The molecule has 3 aromatic carbocycles. The third kappa shape index (κ3) is 1.77. The Hall–Kier alpha value is -2.87. The Morgan fingerprint density at radius 3 is 2.45 bits per heavy atom. The summed E-state index contributed by atoms with van der Waals surface area (Å²) < 4.78 is 0. The zero-order valence-electron chi connectivity index (χ0n) is 12.1. The molecule has 0 bridgehead atoms. The van der Waals surface area contributed by atoms with Gasteiger partial charge in [0.05, 0.1) is 0 Å². The van der Waals surface area contributed by atoms with E-state index in [0.29, 0.717) is 0 Å². The lowest BCUT2D eigenvalue weighted by atomic mass is 9.84. The third-order valence-corrected chi connectivity index (χ3v) is 4.21. The smallest absolute Gasteiger partial charge is 0.190 e. The summed E-state index contributed by atoms with van der Waals surface area (Å²) in [6.45, 7) is 1.86. The van der Waals surface area contributed by atoms with Crippen LogP contribution in [0.1, 0.15) is 22.8 Å². The van der Waals surface area contributed by atoms with Gasteiger partial charge in [-0.05, 0) is 52.8 Å². The fourth-order valence-corrected chi connectivity index (χ4v) is 3.14. The van der Waals surface area contributed by atoms with Gasteiger partial charge in [-0.1, -0.05) is 42.5 Å². The van der Waals surface area contributed by atoms with Gasteiger partial charge in [0.2, 0.25) is 0 Å². The van der Waals surface area contributed by atoms with Crippen LogP contribution in [0, 0.1) is 0 Å². The molecule has 0 saturated heterocycles. The second-order valence-corrected chi connectivity index (χ2v) is 5.64. The van der Waals surface area contributed by atoms with Crippen molar-refractivity contribution < 1.29 is 9.90 Å². The molecule has 22 heavy (non-hydrogen) atoms. The van der Waals surface area contributed by atoms with Gasteiger partial charge in [-0.15, -0.1) is 0 Å². The average Bonchev–Trinajstić information content (AvgIpc) is 2.53. The molecule has 2 nitrogen and oxygen atoms in total. The molecule has 0 aliphatic heterocycles. The number of hydrogen-bond acceptors (Lipinski definition) is 2. The largest absolute Gasteiger partial charge is 0.508 e. The predicted molar refractivity (Wildman–Crippen MR) is 89.0 cm³/mol. The Balaban J connectivity index is 2.10. The number of carbonyl (C=O) groups excluding carboxylic acids is 1. The fourth-order valence-electron chi connectivity index (χ4n) is 3.14. The maximum Gasteiger partial charge on any atom is 0.190 e. The third-order valence-electron chi connectivity index (χ3n) is 4.21. The first kappa shape index (κ1) is 12.8. The summed E-state index contributed by atoms with van der Waals surface area (Å²) >= 11 is 0. The molecule has 0 aromatic heterocycles. The van der Waals surface area contributed by atoms with Crippen molar-refractivity contribution in [3.63, 3.8) is 0 Å². The molecule has 0 atom stereocenters. The first-order chi connectivity index (χ1) is 10.6. The van der Waals surface area contributed by atoms with Crippen molar-refractivity contribution in [1.29, 1.82) is 0 Å². The number of ketones is 1. The minimum atomic E-state index is 0.0763. The fraction of sp³-hybridized carbons (Fsp3) is 0.0500. The zero-order chi connectivity index (χ0) is 15.3. The average molecular weight is 286 g/mol. The Morgan fingerprint density at radius 1 is 0.909 bits per heavy atom. The summed E-state index contributed by atoms with van der Waals surface area (Å²) in [7, 11) is 0. The van der Waals surface area contributed by atoms with Crippen LogP contribution in [-0.4, -0.2) is 10.9 Å². The van der Waals surface area contributed by atoms with E-state index in [4.69, 9.17) is 0 Å². The molecule has 0 radical (unpaired) electrons. The lowest BCUT2D eigenvalue weighted by molar-refractivity contribution is 0.103. The Kier molecular flexibility index (Phi) is 2.67. The Morgan fingerprint density at radius 2 is 1.68 bits per heavy atom. The van der Waals surface area contributed by atoms with Crippen molar-refractivity contribution in [2.75, 3.05) is 0 Å².